The van der Waals surface area contributed by atoms with Crippen LogP contribution in [0, 0.1) is 17.7 Å². The number of hydrogen-bond donors (Lipinski definition) is 1. The molecule has 0 aromatic heterocycles. The third kappa shape index (κ3) is 3.36. The minimum absolute atomic E-state index is 0.0929. The summed E-state index contributed by atoms with van der Waals surface area (Å²) in [5, 5.41) is 3.66. The lowest BCUT2D eigenvalue weighted by Gasteiger charge is -2.35. The maximum Gasteiger partial charge on any atom is 0.123 e. The van der Waals surface area contributed by atoms with Crippen LogP contribution >= 0.6 is 0 Å². The molecule has 19 heavy (non-hydrogen) atoms. The largest absolute Gasteiger partial charge is 0.314 e. The molecule has 0 bridgehead atoms. The summed E-state index contributed by atoms with van der Waals surface area (Å²) >= 11 is 0. The average Bonchev–Trinajstić information content (AvgIpc) is 3.21. The molecule has 0 heterocycles. The highest BCUT2D eigenvalue weighted by molar-refractivity contribution is 5.22. The minimum atomic E-state index is -0.0929. The van der Waals surface area contributed by atoms with Gasteiger partial charge in [0.25, 0.3) is 0 Å². The van der Waals surface area contributed by atoms with E-state index in [1.54, 1.807) is 12.1 Å². The summed E-state index contributed by atoms with van der Waals surface area (Å²) in [6.45, 7) is 3.44. The van der Waals surface area contributed by atoms with E-state index in [9.17, 15) is 4.39 Å². The van der Waals surface area contributed by atoms with Crippen molar-refractivity contribution >= 4 is 0 Å². The van der Waals surface area contributed by atoms with Gasteiger partial charge in [-0.3, -0.25) is 0 Å². The van der Waals surface area contributed by atoms with Crippen molar-refractivity contribution in [3.05, 3.63) is 35.6 Å². The summed E-state index contributed by atoms with van der Waals surface area (Å²) in [7, 11) is 0. The first kappa shape index (κ1) is 13.1. The summed E-state index contributed by atoms with van der Waals surface area (Å²) in [6.07, 6.45) is 6.49. The van der Waals surface area contributed by atoms with Gasteiger partial charge in [0.05, 0.1) is 0 Å². The zero-order valence-electron chi connectivity index (χ0n) is 11.7. The van der Waals surface area contributed by atoms with E-state index in [0.717, 1.165) is 18.5 Å². The second-order valence-corrected chi connectivity index (χ2v) is 6.52. The molecule has 3 atom stereocenters. The molecular weight excluding hydrogens is 237 g/mol. The zero-order chi connectivity index (χ0) is 13.2. The van der Waals surface area contributed by atoms with Crippen LogP contribution in [0.25, 0.3) is 0 Å². The molecule has 2 aliphatic rings. The molecular formula is C17H24FN. The molecule has 3 rings (SSSR count). The fourth-order valence-corrected chi connectivity index (χ4v) is 3.44. The zero-order valence-corrected chi connectivity index (χ0v) is 11.7. The van der Waals surface area contributed by atoms with Crippen LogP contribution in [0.2, 0.25) is 0 Å². The van der Waals surface area contributed by atoms with Crippen molar-refractivity contribution in [2.45, 2.75) is 51.0 Å². The van der Waals surface area contributed by atoms with Crippen LogP contribution in [-0.2, 0) is 0 Å². The molecule has 1 aromatic rings. The fraction of sp³-hybridized carbons (Fsp3) is 0.647. The molecule has 1 aromatic carbocycles. The van der Waals surface area contributed by atoms with Gasteiger partial charge in [-0.05, 0) is 67.7 Å². The molecule has 0 amide bonds. The van der Waals surface area contributed by atoms with Gasteiger partial charge in [-0.1, -0.05) is 25.5 Å². The average molecular weight is 261 g/mol. The van der Waals surface area contributed by atoms with Gasteiger partial charge in [-0.25, -0.2) is 4.39 Å². The predicted molar refractivity (Wildman–Crippen MR) is 76.7 cm³/mol. The minimum Gasteiger partial charge on any atom is -0.314 e. The summed E-state index contributed by atoms with van der Waals surface area (Å²) in [6, 6.07) is 8.03. The van der Waals surface area contributed by atoms with E-state index < -0.39 is 0 Å². The Hall–Kier alpha value is -0.890. The van der Waals surface area contributed by atoms with Crippen LogP contribution < -0.4 is 5.32 Å². The molecule has 0 spiro atoms. The number of nitrogens with one attached hydrogen (secondary N) is 1. The SMILES string of the molecule is CC1CCC(CNC2CC2)C(c2cccc(F)c2)C1. The van der Waals surface area contributed by atoms with Crippen molar-refractivity contribution in [1.82, 2.24) is 5.32 Å². The van der Waals surface area contributed by atoms with Gasteiger partial charge in [0.15, 0.2) is 0 Å². The van der Waals surface area contributed by atoms with Crippen LogP contribution in [0.5, 0.6) is 0 Å². The van der Waals surface area contributed by atoms with Gasteiger partial charge in [-0.2, -0.15) is 0 Å². The molecule has 104 valence electrons. The van der Waals surface area contributed by atoms with Crippen molar-refractivity contribution < 1.29 is 4.39 Å². The molecule has 1 N–H and O–H groups in total. The first-order chi connectivity index (χ1) is 9.22. The summed E-state index contributed by atoms with van der Waals surface area (Å²) in [5.74, 6) is 1.89. The topological polar surface area (TPSA) is 12.0 Å². The Balaban J connectivity index is 1.72. The molecule has 2 heteroatoms. The van der Waals surface area contributed by atoms with E-state index in [-0.39, 0.29) is 5.82 Å². The molecule has 3 unspecified atom stereocenters. The maximum absolute atomic E-state index is 13.5. The summed E-state index contributed by atoms with van der Waals surface area (Å²) < 4.78 is 13.5. The molecule has 0 radical (unpaired) electrons. The van der Waals surface area contributed by atoms with Crippen molar-refractivity contribution in [3.8, 4) is 0 Å². The molecule has 0 saturated heterocycles. The van der Waals surface area contributed by atoms with Gasteiger partial charge in [0, 0.05) is 6.04 Å². The van der Waals surface area contributed by atoms with Gasteiger partial charge < -0.3 is 5.32 Å². The third-order valence-corrected chi connectivity index (χ3v) is 4.78. The predicted octanol–water partition coefficient (Wildman–Crippen LogP) is 4.10. The Labute approximate surface area is 115 Å². The Morgan fingerprint density at radius 3 is 2.79 bits per heavy atom. The summed E-state index contributed by atoms with van der Waals surface area (Å²) in [4.78, 5) is 0. The number of halogens is 1. The smallest absolute Gasteiger partial charge is 0.123 e. The van der Waals surface area contributed by atoms with E-state index in [0.29, 0.717) is 11.8 Å². The van der Waals surface area contributed by atoms with Crippen molar-refractivity contribution in [1.29, 1.82) is 0 Å². The van der Waals surface area contributed by atoms with Crippen LogP contribution in [0.1, 0.15) is 50.5 Å². The van der Waals surface area contributed by atoms with E-state index in [4.69, 9.17) is 0 Å². The second kappa shape index (κ2) is 5.62. The lowest BCUT2D eigenvalue weighted by atomic mass is 9.71. The van der Waals surface area contributed by atoms with E-state index in [1.807, 2.05) is 6.07 Å². The Bertz CT molecular complexity index is 427. The molecule has 2 saturated carbocycles. The molecule has 2 fully saturated rings. The standard InChI is InChI=1S/C17H24FN/c1-12-5-6-14(11-19-16-7-8-16)17(9-12)13-3-2-4-15(18)10-13/h2-4,10,12,14,16-17,19H,5-9,11H2,1H3. The Morgan fingerprint density at radius 1 is 1.21 bits per heavy atom. The van der Waals surface area contributed by atoms with E-state index >= 15 is 0 Å². The molecule has 2 aliphatic carbocycles. The first-order valence-electron chi connectivity index (χ1n) is 7.71. The monoisotopic (exact) mass is 261 g/mol. The lowest BCUT2D eigenvalue weighted by Crippen LogP contribution is -2.32. The summed E-state index contributed by atoms with van der Waals surface area (Å²) in [5.41, 5.74) is 1.20. The molecule has 0 aliphatic heterocycles. The third-order valence-electron chi connectivity index (χ3n) is 4.78. The van der Waals surface area contributed by atoms with Gasteiger partial charge >= 0.3 is 0 Å². The highest BCUT2D eigenvalue weighted by atomic mass is 19.1. The van der Waals surface area contributed by atoms with Crippen LogP contribution in [0.3, 0.4) is 0 Å². The van der Waals surface area contributed by atoms with Gasteiger partial charge in [0.1, 0.15) is 5.82 Å². The Morgan fingerprint density at radius 2 is 2.05 bits per heavy atom. The van der Waals surface area contributed by atoms with Crippen molar-refractivity contribution in [2.24, 2.45) is 11.8 Å². The number of hydrogen-bond acceptors (Lipinski definition) is 1. The van der Waals surface area contributed by atoms with E-state index in [1.165, 1.54) is 37.7 Å². The van der Waals surface area contributed by atoms with Gasteiger partial charge in [0.2, 0.25) is 0 Å². The second-order valence-electron chi connectivity index (χ2n) is 6.52. The molecule has 1 nitrogen and oxygen atoms in total. The highest BCUT2D eigenvalue weighted by Crippen LogP contribution is 2.40. The first-order valence-corrected chi connectivity index (χ1v) is 7.71. The van der Waals surface area contributed by atoms with Crippen LogP contribution in [-0.4, -0.2) is 12.6 Å². The van der Waals surface area contributed by atoms with Crippen LogP contribution in [0.15, 0.2) is 24.3 Å². The van der Waals surface area contributed by atoms with Gasteiger partial charge in [-0.15, -0.1) is 0 Å². The maximum atomic E-state index is 13.5. The highest BCUT2D eigenvalue weighted by Gasteiger charge is 2.31. The van der Waals surface area contributed by atoms with Crippen molar-refractivity contribution in [3.63, 3.8) is 0 Å². The fourth-order valence-electron chi connectivity index (χ4n) is 3.44. The number of rotatable bonds is 4. The van der Waals surface area contributed by atoms with E-state index in [2.05, 4.69) is 18.3 Å². The normalized spacial score (nSPS) is 31.4. The lowest BCUT2D eigenvalue weighted by molar-refractivity contribution is 0.241. The Kier molecular flexibility index (Phi) is 3.88. The quantitative estimate of drug-likeness (QED) is 0.860. The van der Waals surface area contributed by atoms with Crippen LogP contribution in [0.4, 0.5) is 4.39 Å². The number of benzene rings is 1. The van der Waals surface area contributed by atoms with Crippen molar-refractivity contribution in [2.75, 3.05) is 6.54 Å².